The van der Waals surface area contributed by atoms with Gasteiger partial charge in [0.05, 0.1) is 13.1 Å². The van der Waals surface area contributed by atoms with Crippen molar-refractivity contribution in [2.45, 2.75) is 13.2 Å². The largest absolute Gasteiger partial charge is 0.434 e. The van der Waals surface area contributed by atoms with E-state index >= 15 is 0 Å². The highest BCUT2D eigenvalue weighted by Gasteiger charge is 2.10. The van der Waals surface area contributed by atoms with E-state index in [1.807, 2.05) is 6.26 Å². The van der Waals surface area contributed by atoms with Crippen LogP contribution in [0, 0.1) is 0 Å². The number of rotatable bonds is 9. The van der Waals surface area contributed by atoms with Gasteiger partial charge in [-0.25, -0.2) is 4.99 Å². The second-order valence-electron chi connectivity index (χ2n) is 5.21. The van der Waals surface area contributed by atoms with Crippen LogP contribution < -0.4 is 15.4 Å². The molecule has 0 aliphatic carbocycles. The van der Waals surface area contributed by atoms with Crippen LogP contribution in [0.3, 0.4) is 0 Å². The van der Waals surface area contributed by atoms with Crippen LogP contribution in [0.25, 0.3) is 0 Å². The number of alkyl halides is 2. The summed E-state index contributed by atoms with van der Waals surface area (Å²) in [7, 11) is 3.33. The molecule has 1 rings (SSSR count). The van der Waals surface area contributed by atoms with Crippen molar-refractivity contribution in [3.8, 4) is 5.75 Å². The van der Waals surface area contributed by atoms with Gasteiger partial charge in [-0.2, -0.15) is 20.5 Å². The summed E-state index contributed by atoms with van der Waals surface area (Å²) in [6, 6.07) is 6.50. The number of para-hydroxylation sites is 1. The Hall–Kier alpha value is -1.30. The fraction of sp³-hybridized carbons (Fsp3) is 0.500. The fourth-order valence-corrected chi connectivity index (χ4v) is 2.08. The highest BCUT2D eigenvalue weighted by atomic mass is 127. The van der Waals surface area contributed by atoms with Crippen molar-refractivity contribution in [2.75, 3.05) is 39.2 Å². The van der Waals surface area contributed by atoms with Crippen LogP contribution >= 0.6 is 35.7 Å². The van der Waals surface area contributed by atoms with Crippen molar-refractivity contribution in [3.63, 3.8) is 0 Å². The number of nitrogens with one attached hydrogen (secondary N) is 2. The Kier molecular flexibility index (Phi) is 13.2. The Balaban J connectivity index is 0.00000625. The molecule has 0 fully saturated rings. The molecule has 6 nitrogen and oxygen atoms in total. The van der Waals surface area contributed by atoms with E-state index in [2.05, 4.69) is 20.4 Å². The molecular weight excluding hydrogens is 477 g/mol. The van der Waals surface area contributed by atoms with Crippen LogP contribution in [0.4, 0.5) is 8.78 Å². The van der Waals surface area contributed by atoms with Crippen LogP contribution in [0.1, 0.15) is 5.56 Å². The summed E-state index contributed by atoms with van der Waals surface area (Å²) in [6.45, 7) is -1.99. The highest BCUT2D eigenvalue weighted by molar-refractivity contribution is 14.0. The number of benzene rings is 1. The van der Waals surface area contributed by atoms with Gasteiger partial charge in [0, 0.05) is 32.0 Å². The molecule has 148 valence electrons. The highest BCUT2D eigenvalue weighted by Crippen LogP contribution is 2.20. The lowest BCUT2D eigenvalue weighted by Gasteiger charge is -2.15. The number of hydrogen-bond acceptors (Lipinski definition) is 4. The molecule has 0 atom stereocenters. The van der Waals surface area contributed by atoms with E-state index in [9.17, 15) is 13.6 Å². The summed E-state index contributed by atoms with van der Waals surface area (Å²) >= 11 is 1.67. The zero-order chi connectivity index (χ0) is 18.7. The van der Waals surface area contributed by atoms with Crippen molar-refractivity contribution >= 4 is 47.6 Å². The standard InChI is InChI=1S/C16H24F2N4O2S.HI/c1-22(2)14(23)11-21-16(19-8-9-25-3)20-10-12-6-4-5-7-13(12)24-15(17)18;/h4-7,15H,8-11H2,1-3H3,(H2,19,20,21);1H. The third kappa shape index (κ3) is 10.00. The van der Waals surface area contributed by atoms with Crippen LogP contribution in [0.2, 0.25) is 0 Å². The number of carbonyl (C=O) groups excluding carboxylic acids is 1. The molecule has 0 aliphatic heterocycles. The number of halogens is 3. The molecule has 0 bridgehead atoms. The molecule has 0 heterocycles. The van der Waals surface area contributed by atoms with Gasteiger partial charge in [-0.15, -0.1) is 24.0 Å². The van der Waals surface area contributed by atoms with E-state index in [0.717, 1.165) is 5.75 Å². The molecule has 10 heteroatoms. The van der Waals surface area contributed by atoms with E-state index < -0.39 is 6.61 Å². The van der Waals surface area contributed by atoms with Crippen molar-refractivity contribution in [3.05, 3.63) is 29.8 Å². The molecule has 0 aliphatic rings. The first kappa shape index (κ1) is 24.7. The Morgan fingerprint density at radius 1 is 1.31 bits per heavy atom. The Morgan fingerprint density at radius 3 is 2.62 bits per heavy atom. The predicted molar refractivity (Wildman–Crippen MR) is 113 cm³/mol. The molecule has 0 aromatic heterocycles. The monoisotopic (exact) mass is 502 g/mol. The smallest absolute Gasteiger partial charge is 0.387 e. The average molecular weight is 502 g/mol. The van der Waals surface area contributed by atoms with Gasteiger partial charge in [-0.3, -0.25) is 4.79 Å². The summed E-state index contributed by atoms with van der Waals surface area (Å²) in [5.41, 5.74) is 0.535. The van der Waals surface area contributed by atoms with E-state index in [1.54, 1.807) is 44.1 Å². The van der Waals surface area contributed by atoms with Gasteiger partial charge in [0.2, 0.25) is 5.91 Å². The molecule has 1 aromatic rings. The van der Waals surface area contributed by atoms with Crippen LogP contribution in [0.15, 0.2) is 29.3 Å². The summed E-state index contributed by atoms with van der Waals surface area (Å²) < 4.78 is 29.4. The molecule has 1 aromatic carbocycles. The Labute approximate surface area is 174 Å². The first-order chi connectivity index (χ1) is 11.9. The first-order valence-corrected chi connectivity index (χ1v) is 9.07. The van der Waals surface area contributed by atoms with E-state index in [0.29, 0.717) is 18.1 Å². The zero-order valence-corrected chi connectivity index (χ0v) is 18.1. The number of hydrogen-bond donors (Lipinski definition) is 2. The molecule has 26 heavy (non-hydrogen) atoms. The van der Waals surface area contributed by atoms with Gasteiger partial charge >= 0.3 is 6.61 Å². The number of amides is 1. The fourth-order valence-electron chi connectivity index (χ4n) is 1.77. The molecule has 0 saturated heterocycles. The molecule has 1 amide bonds. The molecule has 2 N–H and O–H groups in total. The molecule has 0 radical (unpaired) electrons. The topological polar surface area (TPSA) is 66.0 Å². The van der Waals surface area contributed by atoms with Gasteiger partial charge in [-0.05, 0) is 12.3 Å². The normalized spacial score (nSPS) is 10.9. The number of guanidine groups is 1. The number of aliphatic imine (C=N–C) groups is 1. The van der Waals surface area contributed by atoms with Crippen molar-refractivity contribution in [1.29, 1.82) is 0 Å². The molecular formula is C16H25F2IN4O2S. The van der Waals surface area contributed by atoms with E-state index in [4.69, 9.17) is 0 Å². The van der Waals surface area contributed by atoms with Gasteiger partial charge < -0.3 is 20.3 Å². The minimum atomic E-state index is -2.89. The second kappa shape index (κ2) is 13.8. The number of carbonyl (C=O) groups is 1. The lowest BCUT2D eigenvalue weighted by atomic mass is 10.2. The third-order valence-electron chi connectivity index (χ3n) is 3.10. The quantitative estimate of drug-likeness (QED) is 0.235. The average Bonchev–Trinajstić information content (AvgIpc) is 2.57. The maximum atomic E-state index is 12.5. The lowest BCUT2D eigenvalue weighted by Crippen LogP contribution is -2.43. The number of ether oxygens (including phenoxy) is 1. The number of likely N-dealkylation sites (N-methyl/N-ethyl adjacent to an activating group) is 1. The second-order valence-corrected chi connectivity index (χ2v) is 6.20. The zero-order valence-electron chi connectivity index (χ0n) is 15.0. The predicted octanol–water partition coefficient (Wildman–Crippen LogP) is 2.39. The van der Waals surface area contributed by atoms with E-state index in [1.165, 1.54) is 11.0 Å². The first-order valence-electron chi connectivity index (χ1n) is 7.68. The molecule has 0 unspecified atom stereocenters. The number of nitrogens with zero attached hydrogens (tertiary/aromatic N) is 2. The number of thioether (sulfide) groups is 1. The lowest BCUT2D eigenvalue weighted by molar-refractivity contribution is -0.127. The maximum Gasteiger partial charge on any atom is 0.387 e. The van der Waals surface area contributed by atoms with Crippen molar-refractivity contribution in [2.24, 2.45) is 4.99 Å². The van der Waals surface area contributed by atoms with Gasteiger partial charge in [0.25, 0.3) is 0 Å². The van der Waals surface area contributed by atoms with Gasteiger partial charge in [0.15, 0.2) is 5.96 Å². The minimum absolute atomic E-state index is 0. The summed E-state index contributed by atoms with van der Waals surface area (Å²) in [5.74, 6) is 1.30. The van der Waals surface area contributed by atoms with Crippen LogP contribution in [-0.2, 0) is 11.3 Å². The Morgan fingerprint density at radius 2 is 2.00 bits per heavy atom. The molecule has 0 spiro atoms. The van der Waals surface area contributed by atoms with Crippen LogP contribution in [0.5, 0.6) is 5.75 Å². The SMILES string of the molecule is CSCCNC(=NCc1ccccc1OC(F)F)NCC(=O)N(C)C.I. The summed E-state index contributed by atoms with van der Waals surface area (Å²) in [5, 5.41) is 6.04. The summed E-state index contributed by atoms with van der Waals surface area (Å²) in [6.07, 6.45) is 1.99. The summed E-state index contributed by atoms with van der Waals surface area (Å²) in [4.78, 5) is 17.5. The van der Waals surface area contributed by atoms with Gasteiger partial charge in [-0.1, -0.05) is 18.2 Å². The Bertz CT molecular complexity index is 577. The van der Waals surface area contributed by atoms with Crippen molar-refractivity contribution < 1.29 is 18.3 Å². The van der Waals surface area contributed by atoms with Crippen molar-refractivity contribution in [1.82, 2.24) is 15.5 Å². The van der Waals surface area contributed by atoms with Crippen LogP contribution in [-0.4, -0.2) is 62.6 Å². The van der Waals surface area contributed by atoms with Gasteiger partial charge in [0.1, 0.15) is 5.75 Å². The minimum Gasteiger partial charge on any atom is -0.434 e. The third-order valence-corrected chi connectivity index (χ3v) is 3.71. The maximum absolute atomic E-state index is 12.5. The van der Waals surface area contributed by atoms with E-state index in [-0.39, 0.29) is 48.7 Å². The molecule has 0 saturated carbocycles.